The number of aliphatic hydroxyl groups excluding tert-OH is 1. The van der Waals surface area contributed by atoms with Gasteiger partial charge in [0.2, 0.25) is 0 Å². The Morgan fingerprint density at radius 3 is 2.79 bits per heavy atom. The molecule has 0 aliphatic rings. The quantitative estimate of drug-likeness (QED) is 0.752. The topological polar surface area (TPSA) is 80.0 Å². The largest absolute Gasteiger partial charge is 0.396 e. The van der Waals surface area contributed by atoms with Crippen molar-refractivity contribution in [3.63, 3.8) is 0 Å². The van der Waals surface area contributed by atoms with Crippen molar-refractivity contribution in [1.82, 2.24) is 20.3 Å². The van der Waals surface area contributed by atoms with Gasteiger partial charge in [0, 0.05) is 13.2 Å². The van der Waals surface area contributed by atoms with E-state index in [4.69, 9.17) is 5.11 Å². The minimum atomic E-state index is -0.250. The molecular formula is C13H16N4O2. The summed E-state index contributed by atoms with van der Waals surface area (Å²) in [6.07, 6.45) is 2.86. The summed E-state index contributed by atoms with van der Waals surface area (Å²) in [6.45, 7) is 0.664. The number of rotatable bonds is 6. The van der Waals surface area contributed by atoms with Crippen molar-refractivity contribution in [2.45, 2.75) is 12.8 Å². The average molecular weight is 260 g/mol. The van der Waals surface area contributed by atoms with Gasteiger partial charge in [0.25, 0.3) is 5.91 Å². The third kappa shape index (κ3) is 3.62. The van der Waals surface area contributed by atoms with Crippen molar-refractivity contribution >= 4 is 5.91 Å². The number of nitrogens with zero attached hydrogens (tertiary/aromatic N) is 3. The number of aliphatic hydroxyl groups is 1. The second kappa shape index (κ2) is 6.65. The maximum absolute atomic E-state index is 11.8. The molecule has 0 atom stereocenters. The number of carbonyl (C=O) groups excluding carboxylic acids is 1. The summed E-state index contributed by atoms with van der Waals surface area (Å²) in [4.78, 5) is 13.2. The van der Waals surface area contributed by atoms with E-state index in [1.165, 1.54) is 11.0 Å². The highest BCUT2D eigenvalue weighted by Crippen LogP contribution is 2.04. The Balaban J connectivity index is 1.95. The molecule has 2 N–H and O–H groups in total. The predicted octanol–water partition coefficient (Wildman–Crippen LogP) is 0.770. The minimum absolute atomic E-state index is 0.139. The van der Waals surface area contributed by atoms with Crippen LogP contribution in [0, 0.1) is 0 Å². The first-order valence-corrected chi connectivity index (χ1v) is 6.18. The molecule has 1 amide bonds. The van der Waals surface area contributed by atoms with Gasteiger partial charge < -0.3 is 10.4 Å². The fourth-order valence-electron chi connectivity index (χ4n) is 1.58. The van der Waals surface area contributed by atoms with E-state index in [-0.39, 0.29) is 18.2 Å². The van der Waals surface area contributed by atoms with Gasteiger partial charge >= 0.3 is 0 Å². The number of hydrogen-bond donors (Lipinski definition) is 2. The van der Waals surface area contributed by atoms with Crippen molar-refractivity contribution in [3.8, 4) is 5.69 Å². The molecule has 0 saturated carbocycles. The molecule has 100 valence electrons. The molecule has 0 bridgehead atoms. The highest BCUT2D eigenvalue weighted by atomic mass is 16.2. The fraction of sp³-hybridized carbons (Fsp3) is 0.308. The zero-order valence-electron chi connectivity index (χ0n) is 10.5. The van der Waals surface area contributed by atoms with E-state index >= 15 is 0 Å². The Morgan fingerprint density at radius 2 is 2.05 bits per heavy atom. The van der Waals surface area contributed by atoms with Gasteiger partial charge in [-0.2, -0.15) is 9.90 Å². The van der Waals surface area contributed by atoms with Crippen LogP contribution in [0.3, 0.4) is 0 Å². The summed E-state index contributed by atoms with van der Waals surface area (Å²) in [6, 6.07) is 9.40. The Kier molecular flexibility index (Phi) is 4.63. The van der Waals surface area contributed by atoms with Crippen LogP contribution in [-0.4, -0.2) is 39.2 Å². The van der Waals surface area contributed by atoms with Gasteiger partial charge in [0.1, 0.15) is 0 Å². The van der Waals surface area contributed by atoms with E-state index in [1.54, 1.807) is 0 Å². The van der Waals surface area contributed by atoms with Gasteiger partial charge in [-0.25, -0.2) is 0 Å². The summed E-state index contributed by atoms with van der Waals surface area (Å²) < 4.78 is 0. The summed E-state index contributed by atoms with van der Waals surface area (Å²) in [7, 11) is 0. The first kappa shape index (κ1) is 13.2. The van der Waals surface area contributed by atoms with Crippen LogP contribution in [0.25, 0.3) is 5.69 Å². The Morgan fingerprint density at radius 1 is 1.26 bits per heavy atom. The molecule has 0 radical (unpaired) electrons. The molecule has 2 rings (SSSR count). The number of carbonyl (C=O) groups is 1. The lowest BCUT2D eigenvalue weighted by Gasteiger charge is -2.01. The second-order valence-electron chi connectivity index (χ2n) is 4.04. The van der Waals surface area contributed by atoms with Gasteiger partial charge in [-0.1, -0.05) is 18.2 Å². The van der Waals surface area contributed by atoms with E-state index in [0.29, 0.717) is 13.0 Å². The smallest absolute Gasteiger partial charge is 0.273 e. The van der Waals surface area contributed by atoms with E-state index in [1.807, 2.05) is 30.3 Å². The van der Waals surface area contributed by atoms with E-state index < -0.39 is 0 Å². The maximum atomic E-state index is 11.8. The van der Waals surface area contributed by atoms with Gasteiger partial charge in [0.15, 0.2) is 5.69 Å². The number of unbranched alkanes of at least 4 members (excludes halogenated alkanes) is 1. The summed E-state index contributed by atoms with van der Waals surface area (Å²) in [5.74, 6) is -0.250. The molecule has 1 aromatic carbocycles. The van der Waals surface area contributed by atoms with E-state index in [0.717, 1.165) is 12.1 Å². The standard InChI is InChI=1S/C13H16N4O2/c18-9-5-4-8-14-13(19)12-10-15-17(16-12)11-6-2-1-3-7-11/h1-3,6-7,10,18H,4-5,8-9H2,(H,14,19). The number of amides is 1. The zero-order chi connectivity index (χ0) is 13.5. The van der Waals surface area contributed by atoms with Gasteiger partial charge in [-0.05, 0) is 25.0 Å². The van der Waals surface area contributed by atoms with Crippen LogP contribution < -0.4 is 5.32 Å². The Bertz CT molecular complexity index is 524. The summed E-state index contributed by atoms with van der Waals surface area (Å²) in [5.41, 5.74) is 1.09. The molecule has 0 fully saturated rings. The molecule has 6 heteroatoms. The molecule has 0 aliphatic carbocycles. The molecule has 1 heterocycles. The monoisotopic (exact) mass is 260 g/mol. The first-order valence-electron chi connectivity index (χ1n) is 6.18. The van der Waals surface area contributed by atoms with Gasteiger partial charge in [0.05, 0.1) is 11.9 Å². The van der Waals surface area contributed by atoms with Crippen LogP contribution in [-0.2, 0) is 0 Å². The lowest BCUT2D eigenvalue weighted by molar-refractivity contribution is 0.0946. The SMILES string of the molecule is O=C(NCCCCO)c1cnn(-c2ccccc2)n1. The molecule has 1 aromatic heterocycles. The molecule has 0 unspecified atom stereocenters. The third-order valence-electron chi connectivity index (χ3n) is 2.58. The van der Waals surface area contributed by atoms with Gasteiger partial charge in [-0.3, -0.25) is 4.79 Å². The van der Waals surface area contributed by atoms with E-state index in [9.17, 15) is 4.79 Å². The number of nitrogens with one attached hydrogen (secondary N) is 1. The maximum Gasteiger partial charge on any atom is 0.273 e. The van der Waals surface area contributed by atoms with Crippen molar-refractivity contribution in [2.24, 2.45) is 0 Å². The highest BCUT2D eigenvalue weighted by Gasteiger charge is 2.10. The number of para-hydroxylation sites is 1. The zero-order valence-corrected chi connectivity index (χ0v) is 10.5. The second-order valence-corrected chi connectivity index (χ2v) is 4.04. The van der Waals surface area contributed by atoms with Crippen LogP contribution in [0.5, 0.6) is 0 Å². The number of hydrogen-bond acceptors (Lipinski definition) is 4. The summed E-state index contributed by atoms with van der Waals surface area (Å²) >= 11 is 0. The van der Waals surface area contributed by atoms with Crippen LogP contribution in [0.4, 0.5) is 0 Å². The Hall–Kier alpha value is -2.21. The lowest BCUT2D eigenvalue weighted by Crippen LogP contribution is -2.25. The fourth-order valence-corrected chi connectivity index (χ4v) is 1.58. The molecule has 0 spiro atoms. The minimum Gasteiger partial charge on any atom is -0.396 e. The molecule has 19 heavy (non-hydrogen) atoms. The Labute approximate surface area is 111 Å². The summed E-state index contributed by atoms with van der Waals surface area (Å²) in [5, 5.41) is 19.6. The molecular weight excluding hydrogens is 244 g/mol. The van der Waals surface area contributed by atoms with Crippen LogP contribution in [0.1, 0.15) is 23.3 Å². The average Bonchev–Trinajstić information content (AvgIpc) is 2.94. The molecule has 6 nitrogen and oxygen atoms in total. The van der Waals surface area contributed by atoms with Crippen molar-refractivity contribution in [1.29, 1.82) is 0 Å². The van der Waals surface area contributed by atoms with Crippen LogP contribution in [0.2, 0.25) is 0 Å². The normalized spacial score (nSPS) is 10.4. The highest BCUT2D eigenvalue weighted by molar-refractivity contribution is 5.91. The third-order valence-corrected chi connectivity index (χ3v) is 2.58. The first-order chi connectivity index (χ1) is 9.31. The number of aromatic nitrogens is 3. The predicted molar refractivity (Wildman–Crippen MR) is 70.0 cm³/mol. The lowest BCUT2D eigenvalue weighted by atomic mass is 10.3. The van der Waals surface area contributed by atoms with Crippen LogP contribution in [0.15, 0.2) is 36.5 Å². The van der Waals surface area contributed by atoms with Crippen LogP contribution >= 0.6 is 0 Å². The molecule has 0 aliphatic heterocycles. The number of benzene rings is 1. The molecule has 0 saturated heterocycles. The van der Waals surface area contributed by atoms with Crippen molar-refractivity contribution < 1.29 is 9.90 Å². The molecule has 2 aromatic rings. The van der Waals surface area contributed by atoms with Crippen molar-refractivity contribution in [2.75, 3.05) is 13.2 Å². The van der Waals surface area contributed by atoms with Gasteiger partial charge in [-0.15, -0.1) is 5.10 Å². The van der Waals surface area contributed by atoms with E-state index in [2.05, 4.69) is 15.5 Å². The van der Waals surface area contributed by atoms with Crippen molar-refractivity contribution in [3.05, 3.63) is 42.2 Å².